The normalized spacial score (nSPS) is 22.3. The highest BCUT2D eigenvalue weighted by molar-refractivity contribution is 9.10. The van der Waals surface area contributed by atoms with Gasteiger partial charge in [0.15, 0.2) is 0 Å². The molecule has 1 aliphatic heterocycles. The summed E-state index contributed by atoms with van der Waals surface area (Å²) in [5.41, 5.74) is 1.10. The maximum Gasteiger partial charge on any atom is 0.304 e. The second kappa shape index (κ2) is 5.51. The number of hydrogen-bond donors (Lipinski definition) is 2. The number of benzene rings is 1. The Morgan fingerprint density at radius 2 is 2.11 bits per heavy atom. The van der Waals surface area contributed by atoms with Crippen molar-refractivity contribution >= 4 is 27.6 Å². The molecule has 1 unspecified atom stereocenters. The minimum absolute atomic E-state index is 0.00540. The number of carboxylic acids is 1. The highest BCUT2D eigenvalue weighted by atomic mass is 79.9. The van der Waals surface area contributed by atoms with E-state index in [1.165, 1.54) is 0 Å². The van der Waals surface area contributed by atoms with Gasteiger partial charge in [0.05, 0.1) is 6.42 Å². The largest absolute Gasteiger partial charge is 0.481 e. The number of carbonyl (C=O) groups is 1. The Balaban J connectivity index is 2.19. The van der Waals surface area contributed by atoms with Gasteiger partial charge < -0.3 is 15.3 Å². The molecule has 0 spiro atoms. The zero-order valence-electron chi connectivity index (χ0n) is 11.2. The summed E-state index contributed by atoms with van der Waals surface area (Å²) >= 11 is 3.43. The van der Waals surface area contributed by atoms with Crippen LogP contribution in [0.2, 0.25) is 0 Å². The molecule has 19 heavy (non-hydrogen) atoms. The average molecular weight is 327 g/mol. The maximum atomic E-state index is 10.9. The number of halogens is 1. The lowest BCUT2D eigenvalue weighted by atomic mass is 9.95. The maximum absolute atomic E-state index is 10.9. The molecule has 2 N–H and O–H groups in total. The summed E-state index contributed by atoms with van der Waals surface area (Å²) in [5.74, 6) is -0.757. The predicted molar refractivity (Wildman–Crippen MR) is 79.6 cm³/mol. The van der Waals surface area contributed by atoms with Gasteiger partial charge in [0.1, 0.15) is 0 Å². The molecule has 0 radical (unpaired) electrons. The van der Waals surface area contributed by atoms with E-state index in [-0.39, 0.29) is 18.0 Å². The van der Waals surface area contributed by atoms with Crippen LogP contribution in [0.5, 0.6) is 0 Å². The Labute approximate surface area is 121 Å². The van der Waals surface area contributed by atoms with Gasteiger partial charge in [-0.3, -0.25) is 4.79 Å². The molecule has 0 aromatic heterocycles. The van der Waals surface area contributed by atoms with Crippen LogP contribution in [0.4, 0.5) is 5.69 Å². The van der Waals surface area contributed by atoms with Gasteiger partial charge in [-0.15, -0.1) is 0 Å². The summed E-state index contributed by atoms with van der Waals surface area (Å²) in [6, 6.07) is 8.15. The third kappa shape index (κ3) is 3.48. The fourth-order valence-corrected chi connectivity index (χ4v) is 2.71. The molecule has 1 atom stereocenters. The van der Waals surface area contributed by atoms with E-state index in [1.807, 2.05) is 12.1 Å². The summed E-state index contributed by atoms with van der Waals surface area (Å²) in [4.78, 5) is 13.1. The van der Waals surface area contributed by atoms with E-state index in [2.05, 4.69) is 52.1 Å². The molecular weight excluding hydrogens is 308 g/mol. The van der Waals surface area contributed by atoms with Crippen molar-refractivity contribution in [2.24, 2.45) is 0 Å². The SMILES string of the molecule is CC1(C)CNC(CC(=O)O)CN1c1ccc(Br)cc1. The summed E-state index contributed by atoms with van der Waals surface area (Å²) in [5, 5.41) is 12.2. The summed E-state index contributed by atoms with van der Waals surface area (Å²) in [6.07, 6.45) is 0.156. The van der Waals surface area contributed by atoms with Crippen LogP contribution >= 0.6 is 15.9 Å². The molecule has 0 aliphatic carbocycles. The molecule has 1 aromatic carbocycles. The first-order valence-corrected chi connectivity index (χ1v) is 7.16. The van der Waals surface area contributed by atoms with Crippen LogP contribution in [-0.2, 0) is 4.79 Å². The Hall–Kier alpha value is -1.07. The van der Waals surface area contributed by atoms with Crippen LogP contribution in [0.1, 0.15) is 20.3 Å². The molecule has 1 fully saturated rings. The van der Waals surface area contributed by atoms with Gasteiger partial charge in [-0.1, -0.05) is 15.9 Å². The van der Waals surface area contributed by atoms with E-state index in [1.54, 1.807) is 0 Å². The molecular formula is C14H19BrN2O2. The van der Waals surface area contributed by atoms with E-state index in [9.17, 15) is 4.79 Å². The van der Waals surface area contributed by atoms with Crippen molar-refractivity contribution in [3.63, 3.8) is 0 Å². The van der Waals surface area contributed by atoms with E-state index in [0.717, 1.165) is 16.7 Å². The highest BCUT2D eigenvalue weighted by Gasteiger charge is 2.34. The van der Waals surface area contributed by atoms with Gasteiger partial charge in [-0.25, -0.2) is 0 Å². The molecule has 1 aromatic rings. The highest BCUT2D eigenvalue weighted by Crippen LogP contribution is 2.28. The predicted octanol–water partition coefficient (Wildman–Crippen LogP) is 2.48. The molecule has 0 amide bonds. The minimum atomic E-state index is -0.757. The van der Waals surface area contributed by atoms with Crippen LogP contribution in [0.15, 0.2) is 28.7 Å². The minimum Gasteiger partial charge on any atom is -0.481 e. The van der Waals surface area contributed by atoms with E-state index in [4.69, 9.17) is 5.11 Å². The number of nitrogens with zero attached hydrogens (tertiary/aromatic N) is 1. The number of rotatable bonds is 3. The Bertz CT molecular complexity index is 459. The van der Waals surface area contributed by atoms with Crippen LogP contribution in [0, 0.1) is 0 Å². The summed E-state index contributed by atoms with van der Waals surface area (Å²) in [6.45, 7) is 5.82. The van der Waals surface area contributed by atoms with Crippen LogP contribution < -0.4 is 10.2 Å². The van der Waals surface area contributed by atoms with Crippen molar-refractivity contribution in [1.82, 2.24) is 5.32 Å². The zero-order chi connectivity index (χ0) is 14.0. The van der Waals surface area contributed by atoms with Gasteiger partial charge in [-0.2, -0.15) is 0 Å². The number of anilines is 1. The quantitative estimate of drug-likeness (QED) is 0.896. The first kappa shape index (κ1) is 14.3. The number of piperazine rings is 1. The Morgan fingerprint density at radius 1 is 1.47 bits per heavy atom. The van der Waals surface area contributed by atoms with Gasteiger partial charge in [0.25, 0.3) is 0 Å². The second-order valence-electron chi connectivity index (χ2n) is 5.58. The monoisotopic (exact) mass is 326 g/mol. The molecule has 1 aliphatic rings. The first-order chi connectivity index (χ1) is 8.88. The summed E-state index contributed by atoms with van der Waals surface area (Å²) in [7, 11) is 0. The fraction of sp³-hybridized carbons (Fsp3) is 0.500. The lowest BCUT2D eigenvalue weighted by molar-refractivity contribution is -0.137. The lowest BCUT2D eigenvalue weighted by Crippen LogP contribution is -2.62. The molecule has 104 valence electrons. The molecule has 1 heterocycles. The van der Waals surface area contributed by atoms with Crippen molar-refractivity contribution in [3.8, 4) is 0 Å². The van der Waals surface area contributed by atoms with E-state index >= 15 is 0 Å². The molecule has 4 nitrogen and oxygen atoms in total. The van der Waals surface area contributed by atoms with Crippen molar-refractivity contribution in [2.75, 3.05) is 18.0 Å². The van der Waals surface area contributed by atoms with Crippen molar-refractivity contribution in [2.45, 2.75) is 31.8 Å². The van der Waals surface area contributed by atoms with Gasteiger partial charge in [0, 0.05) is 34.8 Å². The number of nitrogens with one attached hydrogen (secondary N) is 1. The molecule has 5 heteroatoms. The standard InChI is InChI=1S/C14H19BrN2O2/c1-14(2)9-16-11(7-13(18)19)8-17(14)12-5-3-10(15)4-6-12/h3-6,11,16H,7-9H2,1-2H3,(H,18,19). The van der Waals surface area contributed by atoms with Gasteiger partial charge in [0.2, 0.25) is 0 Å². The molecule has 0 bridgehead atoms. The van der Waals surface area contributed by atoms with Crippen molar-refractivity contribution in [3.05, 3.63) is 28.7 Å². The third-order valence-electron chi connectivity index (χ3n) is 3.52. The van der Waals surface area contributed by atoms with Crippen molar-refractivity contribution in [1.29, 1.82) is 0 Å². The zero-order valence-corrected chi connectivity index (χ0v) is 12.8. The summed E-state index contributed by atoms with van der Waals surface area (Å²) < 4.78 is 1.05. The first-order valence-electron chi connectivity index (χ1n) is 6.37. The van der Waals surface area contributed by atoms with Gasteiger partial charge in [-0.05, 0) is 38.1 Å². The Morgan fingerprint density at radius 3 is 2.68 bits per heavy atom. The van der Waals surface area contributed by atoms with Crippen LogP contribution in [-0.4, -0.2) is 35.7 Å². The number of carboxylic acid groups (broad SMARTS) is 1. The van der Waals surface area contributed by atoms with E-state index in [0.29, 0.717) is 6.54 Å². The van der Waals surface area contributed by atoms with E-state index < -0.39 is 5.97 Å². The number of hydrogen-bond acceptors (Lipinski definition) is 3. The molecule has 1 saturated heterocycles. The Kier molecular flexibility index (Phi) is 4.16. The molecule has 2 rings (SSSR count). The second-order valence-corrected chi connectivity index (χ2v) is 6.49. The lowest BCUT2D eigenvalue weighted by Gasteiger charge is -2.47. The number of aliphatic carboxylic acids is 1. The molecule has 0 saturated carbocycles. The van der Waals surface area contributed by atoms with Crippen LogP contribution in [0.3, 0.4) is 0 Å². The van der Waals surface area contributed by atoms with Crippen molar-refractivity contribution < 1.29 is 9.90 Å². The van der Waals surface area contributed by atoms with Gasteiger partial charge >= 0.3 is 5.97 Å². The van der Waals surface area contributed by atoms with Crippen LogP contribution in [0.25, 0.3) is 0 Å². The smallest absolute Gasteiger partial charge is 0.304 e. The fourth-order valence-electron chi connectivity index (χ4n) is 2.45. The topological polar surface area (TPSA) is 52.6 Å². The third-order valence-corrected chi connectivity index (χ3v) is 4.04. The average Bonchev–Trinajstić information content (AvgIpc) is 2.32.